The summed E-state index contributed by atoms with van der Waals surface area (Å²) in [7, 11) is 0. The van der Waals surface area contributed by atoms with Gasteiger partial charge < -0.3 is 14.7 Å². The maximum absolute atomic E-state index is 5.41. The molecule has 0 atom stereocenters. The zero-order valence-electron chi connectivity index (χ0n) is 11.7. The van der Waals surface area contributed by atoms with E-state index in [1.165, 1.54) is 25.7 Å². The van der Waals surface area contributed by atoms with Gasteiger partial charge in [-0.2, -0.15) is 4.98 Å². The van der Waals surface area contributed by atoms with E-state index < -0.39 is 0 Å². The predicted molar refractivity (Wildman–Crippen MR) is 71.7 cm³/mol. The summed E-state index contributed by atoms with van der Waals surface area (Å²) >= 11 is 0. The van der Waals surface area contributed by atoms with Crippen LogP contribution in [-0.4, -0.2) is 29.8 Å². The Balaban J connectivity index is 2.09. The average Bonchev–Trinajstić information content (AvgIpc) is 2.67. The molecule has 1 aromatic rings. The molecule has 2 heterocycles. The molecule has 0 radical (unpaired) electrons. The summed E-state index contributed by atoms with van der Waals surface area (Å²) in [4.78, 5) is 6.79. The van der Waals surface area contributed by atoms with Crippen LogP contribution in [0.2, 0.25) is 0 Å². The summed E-state index contributed by atoms with van der Waals surface area (Å²) in [6, 6.07) is 0. The highest BCUT2D eigenvalue weighted by molar-refractivity contribution is 5.28. The number of nitrogens with one attached hydrogen (secondary N) is 1. The molecule has 1 saturated heterocycles. The molecule has 0 bridgehead atoms. The van der Waals surface area contributed by atoms with Gasteiger partial charge in [0.15, 0.2) is 0 Å². The Kier molecular flexibility index (Phi) is 4.22. The lowest BCUT2D eigenvalue weighted by Crippen LogP contribution is -2.36. The molecule has 1 N–H and O–H groups in total. The smallest absolute Gasteiger partial charge is 0.266 e. The van der Waals surface area contributed by atoms with Crippen molar-refractivity contribution >= 4 is 5.95 Å². The van der Waals surface area contributed by atoms with Crippen LogP contribution in [-0.2, 0) is 5.54 Å². The first-order valence-electron chi connectivity index (χ1n) is 6.97. The van der Waals surface area contributed by atoms with Gasteiger partial charge in [-0.15, -0.1) is 0 Å². The van der Waals surface area contributed by atoms with Gasteiger partial charge in [0.25, 0.3) is 5.95 Å². The first-order valence-corrected chi connectivity index (χ1v) is 6.97. The Labute approximate surface area is 109 Å². The van der Waals surface area contributed by atoms with Crippen molar-refractivity contribution < 1.29 is 4.52 Å². The molecule has 18 heavy (non-hydrogen) atoms. The first-order chi connectivity index (χ1) is 8.63. The molecule has 0 saturated carbocycles. The van der Waals surface area contributed by atoms with Gasteiger partial charge >= 0.3 is 0 Å². The van der Waals surface area contributed by atoms with Gasteiger partial charge in [0.05, 0.1) is 5.54 Å². The summed E-state index contributed by atoms with van der Waals surface area (Å²) in [5.74, 6) is 1.42. The molecule has 1 fully saturated rings. The number of anilines is 1. The number of aromatic nitrogens is 2. The van der Waals surface area contributed by atoms with Gasteiger partial charge in [-0.25, -0.2) is 0 Å². The monoisotopic (exact) mass is 252 g/mol. The van der Waals surface area contributed by atoms with E-state index in [9.17, 15) is 0 Å². The minimum absolute atomic E-state index is 0.258. The molecule has 0 spiro atoms. The summed E-state index contributed by atoms with van der Waals surface area (Å²) in [5, 5.41) is 7.48. The van der Waals surface area contributed by atoms with Crippen molar-refractivity contribution in [3.05, 3.63) is 5.89 Å². The fourth-order valence-corrected chi connectivity index (χ4v) is 2.39. The van der Waals surface area contributed by atoms with Crippen LogP contribution in [0.4, 0.5) is 5.95 Å². The van der Waals surface area contributed by atoms with E-state index in [2.05, 4.69) is 41.1 Å². The van der Waals surface area contributed by atoms with E-state index in [1.54, 1.807) is 0 Å². The normalized spacial score (nSPS) is 17.8. The number of hydrogen-bond donors (Lipinski definition) is 1. The summed E-state index contributed by atoms with van der Waals surface area (Å²) in [6.07, 6.45) is 5.06. The van der Waals surface area contributed by atoms with Crippen LogP contribution in [0.25, 0.3) is 0 Å². The van der Waals surface area contributed by atoms with Gasteiger partial charge in [0.2, 0.25) is 5.89 Å². The maximum Gasteiger partial charge on any atom is 0.266 e. The third-order valence-corrected chi connectivity index (χ3v) is 3.46. The van der Waals surface area contributed by atoms with Crippen LogP contribution in [0.5, 0.6) is 0 Å². The van der Waals surface area contributed by atoms with Gasteiger partial charge in [0, 0.05) is 13.1 Å². The van der Waals surface area contributed by atoms with Crippen molar-refractivity contribution in [1.82, 2.24) is 15.5 Å². The molecule has 2 rings (SSSR count). The van der Waals surface area contributed by atoms with Crippen molar-refractivity contribution in [3.8, 4) is 0 Å². The zero-order chi connectivity index (χ0) is 13.0. The Hall–Kier alpha value is -1.10. The summed E-state index contributed by atoms with van der Waals surface area (Å²) in [5.41, 5.74) is -0.258. The van der Waals surface area contributed by atoms with Crippen molar-refractivity contribution in [1.29, 1.82) is 0 Å². The van der Waals surface area contributed by atoms with E-state index in [-0.39, 0.29) is 5.54 Å². The van der Waals surface area contributed by atoms with Crippen LogP contribution in [0.3, 0.4) is 0 Å². The summed E-state index contributed by atoms with van der Waals surface area (Å²) in [6.45, 7) is 9.18. The number of rotatable bonds is 4. The minimum Gasteiger partial charge on any atom is -0.338 e. The lowest BCUT2D eigenvalue weighted by Gasteiger charge is -2.20. The first kappa shape index (κ1) is 13.3. The second kappa shape index (κ2) is 5.69. The minimum atomic E-state index is -0.258. The van der Waals surface area contributed by atoms with Crippen LogP contribution >= 0.6 is 0 Å². The highest BCUT2D eigenvalue weighted by Gasteiger charge is 2.27. The van der Waals surface area contributed by atoms with Gasteiger partial charge in [-0.05, 0) is 38.4 Å². The molecule has 0 unspecified atom stereocenters. The molecular weight excluding hydrogens is 228 g/mol. The molecule has 1 aliphatic rings. The molecule has 5 heteroatoms. The Morgan fingerprint density at radius 3 is 2.50 bits per heavy atom. The maximum atomic E-state index is 5.41. The van der Waals surface area contributed by atoms with Crippen LogP contribution < -0.4 is 10.2 Å². The Morgan fingerprint density at radius 2 is 1.89 bits per heavy atom. The van der Waals surface area contributed by atoms with Gasteiger partial charge in [0.1, 0.15) is 0 Å². The van der Waals surface area contributed by atoms with Gasteiger partial charge in [-0.3, -0.25) is 0 Å². The number of hydrogen-bond acceptors (Lipinski definition) is 5. The zero-order valence-corrected chi connectivity index (χ0v) is 11.7. The van der Waals surface area contributed by atoms with E-state index in [0.29, 0.717) is 5.89 Å². The molecule has 102 valence electrons. The number of nitrogens with zero attached hydrogens (tertiary/aromatic N) is 3. The molecule has 5 nitrogen and oxygen atoms in total. The third kappa shape index (κ3) is 3.02. The predicted octanol–water partition coefficient (Wildman–Crippen LogP) is 2.29. The van der Waals surface area contributed by atoms with Crippen LogP contribution in [0.1, 0.15) is 52.3 Å². The highest BCUT2D eigenvalue weighted by Crippen LogP contribution is 2.22. The molecule has 1 aromatic heterocycles. The Bertz CT molecular complexity index is 367. The van der Waals surface area contributed by atoms with Crippen LogP contribution in [0, 0.1) is 0 Å². The summed E-state index contributed by atoms with van der Waals surface area (Å²) < 4.78 is 5.41. The standard InChI is InChI=1S/C13H24N4O/c1-4-14-13(2,3)11-15-12(16-18-11)17-9-7-5-6-8-10-17/h14H,4-10H2,1-3H3. The van der Waals surface area contributed by atoms with Crippen molar-refractivity contribution in [2.24, 2.45) is 0 Å². The molecule has 0 aromatic carbocycles. The van der Waals surface area contributed by atoms with E-state index in [4.69, 9.17) is 4.52 Å². The third-order valence-electron chi connectivity index (χ3n) is 3.46. The fraction of sp³-hybridized carbons (Fsp3) is 0.846. The van der Waals surface area contributed by atoms with E-state index >= 15 is 0 Å². The second-order valence-corrected chi connectivity index (χ2v) is 5.46. The van der Waals surface area contributed by atoms with E-state index in [0.717, 1.165) is 25.6 Å². The second-order valence-electron chi connectivity index (χ2n) is 5.46. The average molecular weight is 252 g/mol. The topological polar surface area (TPSA) is 54.2 Å². The Morgan fingerprint density at radius 1 is 1.22 bits per heavy atom. The van der Waals surface area contributed by atoms with Crippen molar-refractivity contribution in [2.45, 2.75) is 52.0 Å². The van der Waals surface area contributed by atoms with Crippen molar-refractivity contribution in [2.75, 3.05) is 24.5 Å². The van der Waals surface area contributed by atoms with E-state index in [1.807, 2.05) is 0 Å². The molecule has 0 aliphatic carbocycles. The highest BCUT2D eigenvalue weighted by atomic mass is 16.5. The lowest BCUT2D eigenvalue weighted by molar-refractivity contribution is 0.271. The van der Waals surface area contributed by atoms with Crippen LogP contribution in [0.15, 0.2) is 4.52 Å². The quantitative estimate of drug-likeness (QED) is 0.891. The van der Waals surface area contributed by atoms with Crippen molar-refractivity contribution in [3.63, 3.8) is 0 Å². The SMILES string of the molecule is CCNC(C)(C)c1nc(N2CCCCCC2)no1. The van der Waals surface area contributed by atoms with Gasteiger partial charge in [-0.1, -0.05) is 19.8 Å². The molecule has 0 amide bonds. The largest absolute Gasteiger partial charge is 0.338 e. The molecular formula is C13H24N4O. The fourth-order valence-electron chi connectivity index (χ4n) is 2.39. The lowest BCUT2D eigenvalue weighted by atomic mass is 10.1. The molecule has 1 aliphatic heterocycles.